The molecule has 0 bridgehead atoms. The Kier molecular flexibility index (Phi) is 3.71. The summed E-state index contributed by atoms with van der Waals surface area (Å²) in [6.45, 7) is 0. The standard InChI is InChI=1S/C11H10INOS/c12-9-3-1-8(2-4-9)5-10(14)11-6-13-7-15-11/h1-4,6-7,10,14H,5H2. The fraction of sp³-hybridized carbons (Fsp3) is 0.182. The van der Waals surface area contributed by atoms with Crippen LogP contribution in [-0.4, -0.2) is 10.1 Å². The second-order valence-electron chi connectivity index (χ2n) is 3.25. The molecule has 0 fully saturated rings. The first-order valence-corrected chi connectivity index (χ1v) is 6.52. The van der Waals surface area contributed by atoms with E-state index in [1.54, 1.807) is 11.7 Å². The van der Waals surface area contributed by atoms with Crippen molar-refractivity contribution in [3.8, 4) is 0 Å². The summed E-state index contributed by atoms with van der Waals surface area (Å²) in [5.74, 6) is 0. The van der Waals surface area contributed by atoms with E-state index in [4.69, 9.17) is 0 Å². The molecule has 2 nitrogen and oxygen atoms in total. The van der Waals surface area contributed by atoms with Crippen molar-refractivity contribution >= 4 is 33.9 Å². The van der Waals surface area contributed by atoms with Gasteiger partial charge in [0.25, 0.3) is 0 Å². The van der Waals surface area contributed by atoms with Gasteiger partial charge in [-0.1, -0.05) is 12.1 Å². The minimum atomic E-state index is -0.433. The van der Waals surface area contributed by atoms with Gasteiger partial charge in [0.2, 0.25) is 0 Å². The molecule has 0 aliphatic heterocycles. The van der Waals surface area contributed by atoms with Crippen molar-refractivity contribution in [1.29, 1.82) is 0 Å². The van der Waals surface area contributed by atoms with Crippen LogP contribution in [0.5, 0.6) is 0 Å². The number of benzene rings is 1. The summed E-state index contributed by atoms with van der Waals surface area (Å²) in [6, 6.07) is 8.20. The summed E-state index contributed by atoms with van der Waals surface area (Å²) >= 11 is 3.76. The highest BCUT2D eigenvalue weighted by Crippen LogP contribution is 2.21. The molecule has 0 saturated heterocycles. The van der Waals surface area contributed by atoms with Crippen molar-refractivity contribution in [3.05, 3.63) is 50.0 Å². The summed E-state index contributed by atoms with van der Waals surface area (Å²) in [5.41, 5.74) is 2.89. The normalized spacial score (nSPS) is 12.7. The molecular formula is C11H10INOS. The number of halogens is 1. The largest absolute Gasteiger partial charge is 0.387 e. The predicted molar refractivity (Wildman–Crippen MR) is 69.9 cm³/mol. The summed E-state index contributed by atoms with van der Waals surface area (Å²) < 4.78 is 1.21. The molecule has 1 N–H and O–H groups in total. The molecule has 78 valence electrons. The van der Waals surface area contributed by atoms with Crippen molar-refractivity contribution in [3.63, 3.8) is 0 Å². The molecule has 15 heavy (non-hydrogen) atoms. The lowest BCUT2D eigenvalue weighted by atomic mass is 10.1. The Morgan fingerprint density at radius 3 is 2.67 bits per heavy atom. The highest BCUT2D eigenvalue weighted by Gasteiger charge is 2.09. The SMILES string of the molecule is OC(Cc1ccc(I)cc1)c1cncs1. The molecule has 0 aliphatic carbocycles. The third-order valence-corrected chi connectivity index (χ3v) is 3.72. The van der Waals surface area contributed by atoms with Crippen LogP contribution in [0.25, 0.3) is 0 Å². The van der Waals surface area contributed by atoms with Crippen LogP contribution in [0.4, 0.5) is 0 Å². The number of thiazole rings is 1. The number of nitrogens with zero attached hydrogens (tertiary/aromatic N) is 1. The Bertz CT molecular complexity index is 413. The maximum Gasteiger partial charge on any atom is 0.0938 e. The second kappa shape index (κ2) is 5.05. The fourth-order valence-corrected chi connectivity index (χ4v) is 2.30. The van der Waals surface area contributed by atoms with E-state index in [-0.39, 0.29) is 0 Å². The van der Waals surface area contributed by atoms with Gasteiger partial charge in [-0.15, -0.1) is 11.3 Å². The van der Waals surface area contributed by atoms with Gasteiger partial charge in [-0.3, -0.25) is 4.98 Å². The van der Waals surface area contributed by atoms with Crippen molar-refractivity contribution < 1.29 is 5.11 Å². The molecule has 4 heteroatoms. The zero-order valence-corrected chi connectivity index (χ0v) is 10.9. The maximum atomic E-state index is 9.90. The lowest BCUT2D eigenvalue weighted by Gasteiger charge is -2.07. The van der Waals surface area contributed by atoms with Crippen LogP contribution in [0.2, 0.25) is 0 Å². The second-order valence-corrected chi connectivity index (χ2v) is 5.41. The molecule has 1 unspecified atom stereocenters. The molecule has 2 rings (SSSR count). The molecule has 0 radical (unpaired) electrons. The Labute approximate surface area is 106 Å². The van der Waals surface area contributed by atoms with Crippen LogP contribution in [0.1, 0.15) is 16.5 Å². The highest BCUT2D eigenvalue weighted by molar-refractivity contribution is 14.1. The third-order valence-electron chi connectivity index (χ3n) is 2.12. The topological polar surface area (TPSA) is 33.1 Å². The van der Waals surface area contributed by atoms with Crippen LogP contribution in [0, 0.1) is 3.57 Å². The van der Waals surface area contributed by atoms with E-state index in [0.29, 0.717) is 6.42 Å². The minimum absolute atomic E-state index is 0.433. The highest BCUT2D eigenvalue weighted by atomic mass is 127. The van der Waals surface area contributed by atoms with E-state index >= 15 is 0 Å². The van der Waals surface area contributed by atoms with E-state index < -0.39 is 6.10 Å². The zero-order valence-electron chi connectivity index (χ0n) is 7.93. The van der Waals surface area contributed by atoms with Crippen LogP contribution in [0.3, 0.4) is 0 Å². The average Bonchev–Trinajstić information content (AvgIpc) is 2.74. The maximum absolute atomic E-state index is 9.90. The number of aliphatic hydroxyl groups is 1. The van der Waals surface area contributed by atoms with E-state index in [1.165, 1.54) is 14.9 Å². The van der Waals surface area contributed by atoms with Gasteiger partial charge in [0.1, 0.15) is 0 Å². The number of aromatic nitrogens is 1. The predicted octanol–water partition coefficient (Wildman–Crippen LogP) is 3.02. The van der Waals surface area contributed by atoms with Crippen LogP contribution >= 0.6 is 33.9 Å². The van der Waals surface area contributed by atoms with Gasteiger partial charge in [-0.25, -0.2) is 0 Å². The molecule has 1 atom stereocenters. The quantitative estimate of drug-likeness (QED) is 0.877. The summed E-state index contributed by atoms with van der Waals surface area (Å²) in [7, 11) is 0. The molecule has 1 aromatic heterocycles. The van der Waals surface area contributed by atoms with E-state index in [2.05, 4.69) is 39.7 Å². The Morgan fingerprint density at radius 2 is 2.07 bits per heavy atom. The molecule has 0 spiro atoms. The minimum Gasteiger partial charge on any atom is -0.387 e. The molecule has 0 saturated carbocycles. The van der Waals surface area contributed by atoms with Crippen LogP contribution < -0.4 is 0 Å². The smallest absolute Gasteiger partial charge is 0.0938 e. The third kappa shape index (κ3) is 2.99. The number of rotatable bonds is 3. The van der Waals surface area contributed by atoms with Gasteiger partial charge < -0.3 is 5.11 Å². The zero-order chi connectivity index (χ0) is 10.7. The molecule has 1 heterocycles. The summed E-state index contributed by atoms with van der Waals surface area (Å²) in [5, 5.41) is 9.90. The van der Waals surface area contributed by atoms with E-state index in [9.17, 15) is 5.11 Å². The van der Waals surface area contributed by atoms with Gasteiger partial charge >= 0.3 is 0 Å². The van der Waals surface area contributed by atoms with Crippen molar-refractivity contribution in [1.82, 2.24) is 4.98 Å². The lowest BCUT2D eigenvalue weighted by Crippen LogP contribution is -1.99. The summed E-state index contributed by atoms with van der Waals surface area (Å²) in [4.78, 5) is 4.88. The number of hydrogen-bond acceptors (Lipinski definition) is 3. The van der Waals surface area contributed by atoms with Crippen molar-refractivity contribution in [2.45, 2.75) is 12.5 Å². The van der Waals surface area contributed by atoms with Crippen molar-refractivity contribution in [2.24, 2.45) is 0 Å². The molecule has 0 aliphatic rings. The Hall–Kier alpha value is -0.460. The molecule has 0 amide bonds. The Morgan fingerprint density at radius 1 is 1.33 bits per heavy atom. The Balaban J connectivity index is 2.06. The monoisotopic (exact) mass is 331 g/mol. The molecule has 2 aromatic rings. The number of hydrogen-bond donors (Lipinski definition) is 1. The van der Waals surface area contributed by atoms with Gasteiger partial charge in [0.05, 0.1) is 16.5 Å². The van der Waals surface area contributed by atoms with E-state index in [0.717, 1.165) is 10.4 Å². The van der Waals surface area contributed by atoms with E-state index in [1.807, 2.05) is 12.1 Å². The van der Waals surface area contributed by atoms with Crippen LogP contribution in [-0.2, 0) is 6.42 Å². The van der Waals surface area contributed by atoms with Gasteiger partial charge in [-0.05, 0) is 40.3 Å². The van der Waals surface area contributed by atoms with Crippen molar-refractivity contribution in [2.75, 3.05) is 0 Å². The van der Waals surface area contributed by atoms with Crippen LogP contribution in [0.15, 0.2) is 36.0 Å². The van der Waals surface area contributed by atoms with Gasteiger partial charge in [0, 0.05) is 16.2 Å². The first-order chi connectivity index (χ1) is 7.25. The molecule has 1 aromatic carbocycles. The first kappa shape index (κ1) is 11.0. The lowest BCUT2D eigenvalue weighted by molar-refractivity contribution is 0.182. The number of aliphatic hydroxyl groups excluding tert-OH is 1. The fourth-order valence-electron chi connectivity index (χ4n) is 1.33. The van der Waals surface area contributed by atoms with Gasteiger partial charge in [0.15, 0.2) is 0 Å². The molecular weight excluding hydrogens is 321 g/mol. The van der Waals surface area contributed by atoms with Gasteiger partial charge in [-0.2, -0.15) is 0 Å². The summed E-state index contributed by atoms with van der Waals surface area (Å²) in [6.07, 6.45) is 1.94. The average molecular weight is 331 g/mol. The first-order valence-electron chi connectivity index (χ1n) is 4.56.